The van der Waals surface area contributed by atoms with E-state index in [2.05, 4.69) is 20.4 Å². The van der Waals surface area contributed by atoms with E-state index >= 15 is 0 Å². The summed E-state index contributed by atoms with van der Waals surface area (Å²) in [5.74, 6) is 0.676. The van der Waals surface area contributed by atoms with Crippen LogP contribution in [0.2, 0.25) is 0 Å². The molecule has 2 heterocycles. The van der Waals surface area contributed by atoms with E-state index in [1.807, 2.05) is 24.3 Å². The molecule has 4 rings (SSSR count). The molecule has 1 saturated heterocycles. The fourth-order valence-electron chi connectivity index (χ4n) is 5.04. The molecule has 1 amide bonds. The number of nitrogens with zero attached hydrogens (tertiary/aromatic N) is 2. The van der Waals surface area contributed by atoms with Crippen LogP contribution >= 0.6 is 11.8 Å². The first kappa shape index (κ1) is 26.8. The smallest absolute Gasteiger partial charge is 0.355 e. The SMILES string of the molecule is CNCC(=O)NCCCN1CCC(CCCN2c3ccccc3Sc3ccc(C(F)(F)F)cc32)CC1. The van der Waals surface area contributed by atoms with Crippen LogP contribution in [0.15, 0.2) is 52.3 Å². The second-order valence-electron chi connectivity index (χ2n) is 9.56. The molecule has 0 aliphatic carbocycles. The number of anilines is 2. The number of alkyl halides is 3. The zero-order valence-corrected chi connectivity index (χ0v) is 21.6. The predicted molar refractivity (Wildman–Crippen MR) is 139 cm³/mol. The summed E-state index contributed by atoms with van der Waals surface area (Å²) in [5.41, 5.74) is 1.05. The third-order valence-corrected chi connectivity index (χ3v) is 8.10. The van der Waals surface area contributed by atoms with Gasteiger partial charge >= 0.3 is 6.18 Å². The van der Waals surface area contributed by atoms with Gasteiger partial charge in [-0.3, -0.25) is 4.79 Å². The first-order valence-corrected chi connectivity index (χ1v) is 13.6. The number of carbonyl (C=O) groups is 1. The maximum absolute atomic E-state index is 13.4. The van der Waals surface area contributed by atoms with Crippen molar-refractivity contribution in [2.24, 2.45) is 5.92 Å². The molecule has 2 N–H and O–H groups in total. The number of carbonyl (C=O) groups excluding carboxylic acids is 1. The van der Waals surface area contributed by atoms with Gasteiger partial charge in [0.15, 0.2) is 0 Å². The maximum Gasteiger partial charge on any atom is 0.416 e. The summed E-state index contributed by atoms with van der Waals surface area (Å²) >= 11 is 1.54. The molecular weight excluding hydrogens is 485 g/mol. The molecule has 0 unspecified atom stereocenters. The van der Waals surface area contributed by atoms with Crippen LogP contribution in [-0.4, -0.2) is 57.1 Å². The van der Waals surface area contributed by atoms with E-state index in [0.717, 1.165) is 67.2 Å². The van der Waals surface area contributed by atoms with E-state index in [1.54, 1.807) is 13.1 Å². The molecule has 1 fully saturated rings. The van der Waals surface area contributed by atoms with E-state index in [0.29, 0.717) is 31.2 Å². The van der Waals surface area contributed by atoms with Crippen molar-refractivity contribution in [3.8, 4) is 0 Å². The van der Waals surface area contributed by atoms with Crippen LogP contribution in [-0.2, 0) is 11.0 Å². The molecular formula is C27H35F3N4OS. The lowest BCUT2D eigenvalue weighted by molar-refractivity contribution is -0.137. The summed E-state index contributed by atoms with van der Waals surface area (Å²) in [6.45, 7) is 4.88. The highest BCUT2D eigenvalue weighted by Crippen LogP contribution is 2.49. The Morgan fingerprint density at radius 1 is 1.03 bits per heavy atom. The Kier molecular flexibility index (Phi) is 9.19. The van der Waals surface area contributed by atoms with Gasteiger partial charge < -0.3 is 20.4 Å². The van der Waals surface area contributed by atoms with Gasteiger partial charge in [-0.15, -0.1) is 0 Å². The number of fused-ring (bicyclic) bond motifs is 2. The molecule has 5 nitrogen and oxygen atoms in total. The minimum atomic E-state index is -4.35. The zero-order chi connectivity index (χ0) is 25.5. The standard InChI is InChI=1S/C27H35F3N4OS/c1-31-19-26(35)32-13-5-14-33-16-11-20(12-17-33)6-4-15-34-22-7-2-3-8-24(22)36-25-10-9-21(18-23(25)34)27(28,29)30/h2-3,7-10,18,20,31H,4-6,11-17,19H2,1H3,(H,32,35). The van der Waals surface area contributed by atoms with Gasteiger partial charge in [0.2, 0.25) is 5.91 Å². The minimum absolute atomic E-state index is 0.0309. The van der Waals surface area contributed by atoms with E-state index in [9.17, 15) is 18.0 Å². The quantitative estimate of drug-likeness (QED) is 0.404. The molecule has 0 bridgehead atoms. The van der Waals surface area contributed by atoms with Gasteiger partial charge in [-0.25, -0.2) is 0 Å². The van der Waals surface area contributed by atoms with Crippen molar-refractivity contribution in [1.29, 1.82) is 0 Å². The van der Waals surface area contributed by atoms with Crippen molar-refractivity contribution >= 4 is 29.0 Å². The van der Waals surface area contributed by atoms with Crippen LogP contribution < -0.4 is 15.5 Å². The van der Waals surface area contributed by atoms with Gasteiger partial charge in [0.05, 0.1) is 23.5 Å². The van der Waals surface area contributed by atoms with E-state index < -0.39 is 11.7 Å². The molecule has 0 radical (unpaired) electrons. The van der Waals surface area contributed by atoms with Crippen molar-refractivity contribution in [3.63, 3.8) is 0 Å². The maximum atomic E-state index is 13.4. The van der Waals surface area contributed by atoms with Crippen LogP contribution in [0.3, 0.4) is 0 Å². The second kappa shape index (κ2) is 12.3. The number of nitrogens with one attached hydrogen (secondary N) is 2. The average molecular weight is 521 g/mol. The second-order valence-corrected chi connectivity index (χ2v) is 10.6. The van der Waals surface area contributed by atoms with Crippen molar-refractivity contribution in [2.45, 2.75) is 48.1 Å². The first-order valence-electron chi connectivity index (χ1n) is 12.7. The Morgan fingerprint density at radius 2 is 1.78 bits per heavy atom. The highest BCUT2D eigenvalue weighted by atomic mass is 32.2. The van der Waals surface area contributed by atoms with Crippen molar-refractivity contribution in [1.82, 2.24) is 15.5 Å². The van der Waals surface area contributed by atoms with Crippen LogP contribution in [0.4, 0.5) is 24.5 Å². The molecule has 9 heteroatoms. The molecule has 2 aliphatic rings. The molecule has 0 atom stereocenters. The normalized spacial score (nSPS) is 16.5. The summed E-state index contributed by atoms with van der Waals surface area (Å²) in [5, 5.41) is 5.77. The lowest BCUT2D eigenvalue weighted by Gasteiger charge is -2.35. The molecule has 0 saturated carbocycles. The highest BCUT2D eigenvalue weighted by Gasteiger charge is 2.33. The molecule has 0 aromatic heterocycles. The number of likely N-dealkylation sites (N-methyl/N-ethyl adjacent to an activating group) is 1. The van der Waals surface area contributed by atoms with E-state index in [4.69, 9.17) is 0 Å². The van der Waals surface area contributed by atoms with Gasteiger partial charge in [-0.05, 0) is 95.0 Å². The fourth-order valence-corrected chi connectivity index (χ4v) is 6.11. The molecule has 2 aromatic rings. The van der Waals surface area contributed by atoms with Crippen LogP contribution in [0.25, 0.3) is 0 Å². The van der Waals surface area contributed by atoms with Gasteiger partial charge in [0.1, 0.15) is 0 Å². The fraction of sp³-hybridized carbons (Fsp3) is 0.519. The Labute approximate surface area is 215 Å². The number of likely N-dealkylation sites (tertiary alicyclic amines) is 1. The van der Waals surface area contributed by atoms with E-state index in [-0.39, 0.29) is 5.91 Å². The van der Waals surface area contributed by atoms with Crippen molar-refractivity contribution in [2.75, 3.05) is 51.2 Å². The van der Waals surface area contributed by atoms with Crippen molar-refractivity contribution in [3.05, 3.63) is 48.0 Å². The number of piperidine rings is 1. The number of para-hydroxylation sites is 1. The van der Waals surface area contributed by atoms with Gasteiger partial charge in [-0.2, -0.15) is 13.2 Å². The van der Waals surface area contributed by atoms with Crippen LogP contribution in [0.5, 0.6) is 0 Å². The summed E-state index contributed by atoms with van der Waals surface area (Å²) in [4.78, 5) is 18.0. The van der Waals surface area contributed by atoms with Crippen LogP contribution in [0.1, 0.15) is 37.7 Å². The predicted octanol–water partition coefficient (Wildman–Crippen LogP) is 5.53. The Morgan fingerprint density at radius 3 is 2.53 bits per heavy atom. The van der Waals surface area contributed by atoms with E-state index in [1.165, 1.54) is 23.9 Å². The number of amides is 1. The van der Waals surface area contributed by atoms with Gasteiger partial charge in [0, 0.05) is 22.9 Å². The topological polar surface area (TPSA) is 47.6 Å². The summed E-state index contributed by atoms with van der Waals surface area (Å²) in [7, 11) is 1.76. The van der Waals surface area contributed by atoms with Gasteiger partial charge in [0.25, 0.3) is 0 Å². The van der Waals surface area contributed by atoms with Gasteiger partial charge in [-0.1, -0.05) is 23.9 Å². The van der Waals surface area contributed by atoms with Crippen molar-refractivity contribution < 1.29 is 18.0 Å². The van der Waals surface area contributed by atoms with Crippen LogP contribution in [0, 0.1) is 5.92 Å². The third kappa shape index (κ3) is 6.95. The summed E-state index contributed by atoms with van der Waals surface area (Å²) in [6, 6.07) is 12.1. The largest absolute Gasteiger partial charge is 0.416 e. The highest BCUT2D eigenvalue weighted by molar-refractivity contribution is 7.99. The number of hydrogen-bond acceptors (Lipinski definition) is 5. The summed E-state index contributed by atoms with van der Waals surface area (Å²) < 4.78 is 40.3. The molecule has 2 aliphatic heterocycles. The lowest BCUT2D eigenvalue weighted by atomic mass is 9.92. The number of rotatable bonds is 10. The monoisotopic (exact) mass is 520 g/mol. The zero-order valence-electron chi connectivity index (χ0n) is 20.7. The number of halogens is 3. The Bertz CT molecular complexity index is 1020. The third-order valence-electron chi connectivity index (χ3n) is 6.96. The molecule has 196 valence electrons. The number of benzene rings is 2. The Balaban J connectivity index is 1.28. The molecule has 2 aromatic carbocycles. The Hall–Kier alpha value is -2.23. The lowest BCUT2D eigenvalue weighted by Crippen LogP contribution is -2.37. The summed E-state index contributed by atoms with van der Waals surface area (Å²) in [6.07, 6.45) is 0.909. The minimum Gasteiger partial charge on any atom is -0.355 e. The molecule has 36 heavy (non-hydrogen) atoms. The molecule has 0 spiro atoms. The first-order chi connectivity index (χ1) is 17.3. The average Bonchev–Trinajstić information content (AvgIpc) is 2.86. The number of hydrogen-bond donors (Lipinski definition) is 2.